The van der Waals surface area contributed by atoms with Crippen molar-refractivity contribution >= 4 is 27.6 Å². The van der Waals surface area contributed by atoms with Crippen molar-refractivity contribution in [3.8, 4) is 5.75 Å². The smallest absolute Gasteiger partial charge is 0.307 e. The van der Waals surface area contributed by atoms with Gasteiger partial charge >= 0.3 is 5.97 Å². The number of sulfonamides is 1. The van der Waals surface area contributed by atoms with Crippen LogP contribution < -0.4 is 4.74 Å². The van der Waals surface area contributed by atoms with Crippen LogP contribution in [-0.4, -0.2) is 39.0 Å². The Balaban J connectivity index is 2.38. The molecule has 0 N–H and O–H groups in total. The molecule has 0 radical (unpaired) electrons. The van der Waals surface area contributed by atoms with Crippen LogP contribution in [0.4, 0.5) is 0 Å². The molecule has 0 aliphatic rings. The Kier molecular flexibility index (Phi) is 7.65. The number of carbonyl (C=O) groups excluding carboxylic acids is 1. The second kappa shape index (κ2) is 9.73. The highest BCUT2D eigenvalue weighted by molar-refractivity contribution is 7.89. The van der Waals surface area contributed by atoms with E-state index >= 15 is 0 Å². The van der Waals surface area contributed by atoms with Crippen LogP contribution in [0.25, 0.3) is 0 Å². The first-order valence-corrected chi connectivity index (χ1v) is 10.2. The van der Waals surface area contributed by atoms with Crippen LogP contribution in [-0.2, 0) is 26.1 Å². The van der Waals surface area contributed by atoms with Gasteiger partial charge in [-0.05, 0) is 30.7 Å². The lowest BCUT2D eigenvalue weighted by Gasteiger charge is -2.23. The lowest BCUT2D eigenvalue weighted by Crippen LogP contribution is -2.33. The number of halogens is 1. The molecule has 0 aliphatic heterocycles. The first-order chi connectivity index (χ1) is 12.9. The Morgan fingerprint density at radius 3 is 2.48 bits per heavy atom. The summed E-state index contributed by atoms with van der Waals surface area (Å²) in [6.45, 7) is 2.03. The van der Waals surface area contributed by atoms with Crippen molar-refractivity contribution in [1.82, 2.24) is 4.31 Å². The van der Waals surface area contributed by atoms with E-state index in [9.17, 15) is 13.2 Å². The molecule has 2 rings (SSSR count). The summed E-state index contributed by atoms with van der Waals surface area (Å²) in [5.41, 5.74) is 0.797. The molecule has 0 saturated carbocycles. The van der Waals surface area contributed by atoms with Crippen molar-refractivity contribution in [2.45, 2.75) is 24.8 Å². The van der Waals surface area contributed by atoms with E-state index in [0.29, 0.717) is 0 Å². The highest BCUT2D eigenvalue weighted by Crippen LogP contribution is 2.30. The summed E-state index contributed by atoms with van der Waals surface area (Å²) < 4.78 is 37.9. The normalized spacial score (nSPS) is 11.4. The summed E-state index contributed by atoms with van der Waals surface area (Å²) in [4.78, 5) is 11.7. The molecular formula is C19H22ClNO5S. The number of benzene rings is 2. The summed E-state index contributed by atoms with van der Waals surface area (Å²) >= 11 is 6.00. The van der Waals surface area contributed by atoms with Crippen LogP contribution in [0.3, 0.4) is 0 Å². The SMILES string of the molecule is CCOC(=O)CCN(Cc1ccccc1)S(=O)(=O)c1cc(Cl)ccc1OC. The topological polar surface area (TPSA) is 72.9 Å². The molecule has 0 heterocycles. The fourth-order valence-electron chi connectivity index (χ4n) is 2.51. The number of hydrogen-bond donors (Lipinski definition) is 0. The molecule has 0 saturated heterocycles. The number of methoxy groups -OCH3 is 1. The number of esters is 1. The molecule has 0 aliphatic carbocycles. The van der Waals surface area contributed by atoms with E-state index in [2.05, 4.69) is 0 Å². The average molecular weight is 412 g/mol. The van der Waals surface area contributed by atoms with E-state index in [1.807, 2.05) is 30.3 Å². The summed E-state index contributed by atoms with van der Waals surface area (Å²) in [6.07, 6.45) is -0.0528. The molecule has 0 fully saturated rings. The van der Waals surface area contributed by atoms with Gasteiger partial charge in [-0.2, -0.15) is 4.31 Å². The zero-order chi connectivity index (χ0) is 19.9. The Hall–Kier alpha value is -2.09. The number of ether oxygens (including phenoxy) is 2. The molecule has 8 heteroatoms. The van der Waals surface area contributed by atoms with Gasteiger partial charge in [0, 0.05) is 18.1 Å². The molecule has 0 atom stereocenters. The predicted octanol–water partition coefficient (Wildman–Crippen LogP) is 3.49. The van der Waals surface area contributed by atoms with E-state index in [0.717, 1.165) is 5.56 Å². The third-order valence-electron chi connectivity index (χ3n) is 3.82. The van der Waals surface area contributed by atoms with Gasteiger partial charge in [0.25, 0.3) is 0 Å². The lowest BCUT2D eigenvalue weighted by atomic mass is 10.2. The molecule has 0 bridgehead atoms. The minimum absolute atomic E-state index is 0.0221. The van der Waals surface area contributed by atoms with Gasteiger partial charge in [-0.25, -0.2) is 8.42 Å². The zero-order valence-corrected chi connectivity index (χ0v) is 16.8. The van der Waals surface area contributed by atoms with E-state index in [-0.39, 0.29) is 41.8 Å². The minimum atomic E-state index is -3.96. The first-order valence-electron chi connectivity index (χ1n) is 8.41. The lowest BCUT2D eigenvalue weighted by molar-refractivity contribution is -0.143. The number of carbonyl (C=O) groups is 1. The van der Waals surface area contributed by atoms with Crippen LogP contribution in [0, 0.1) is 0 Å². The van der Waals surface area contributed by atoms with Crippen molar-refractivity contribution in [1.29, 1.82) is 0 Å². The van der Waals surface area contributed by atoms with Crippen LogP contribution in [0.2, 0.25) is 5.02 Å². The van der Waals surface area contributed by atoms with Gasteiger partial charge in [0.2, 0.25) is 10.0 Å². The molecular weight excluding hydrogens is 390 g/mol. The summed E-state index contributed by atoms with van der Waals surface area (Å²) in [7, 11) is -2.57. The van der Waals surface area contributed by atoms with Crippen LogP contribution in [0.15, 0.2) is 53.4 Å². The molecule has 6 nitrogen and oxygen atoms in total. The molecule has 0 unspecified atom stereocenters. The highest BCUT2D eigenvalue weighted by atomic mass is 35.5. The van der Waals surface area contributed by atoms with Gasteiger partial charge in [-0.3, -0.25) is 4.79 Å². The molecule has 27 heavy (non-hydrogen) atoms. The number of nitrogens with zero attached hydrogens (tertiary/aromatic N) is 1. The first kappa shape index (κ1) is 21.2. The van der Waals surface area contributed by atoms with Gasteiger partial charge in [0.15, 0.2) is 0 Å². The van der Waals surface area contributed by atoms with Crippen LogP contribution >= 0.6 is 11.6 Å². The summed E-state index contributed by atoms with van der Waals surface area (Å²) in [6, 6.07) is 13.5. The summed E-state index contributed by atoms with van der Waals surface area (Å²) in [5, 5.41) is 0.277. The Morgan fingerprint density at radius 2 is 1.85 bits per heavy atom. The fourth-order valence-corrected chi connectivity index (χ4v) is 4.36. The monoisotopic (exact) mass is 411 g/mol. The van der Waals surface area contributed by atoms with Crippen molar-refractivity contribution in [2.75, 3.05) is 20.3 Å². The third-order valence-corrected chi connectivity index (χ3v) is 5.92. The molecule has 0 aromatic heterocycles. The largest absolute Gasteiger partial charge is 0.495 e. The molecule has 0 spiro atoms. The maximum atomic E-state index is 13.3. The van der Waals surface area contributed by atoms with Gasteiger partial charge in [-0.1, -0.05) is 41.9 Å². The van der Waals surface area contributed by atoms with Gasteiger partial charge in [0.1, 0.15) is 10.6 Å². The average Bonchev–Trinajstić information content (AvgIpc) is 2.66. The van der Waals surface area contributed by atoms with Crippen LogP contribution in [0.1, 0.15) is 18.9 Å². The highest BCUT2D eigenvalue weighted by Gasteiger charge is 2.29. The van der Waals surface area contributed by atoms with Crippen LogP contribution in [0.5, 0.6) is 5.75 Å². The van der Waals surface area contributed by atoms with E-state index < -0.39 is 16.0 Å². The standard InChI is InChI=1S/C19H22ClNO5S/c1-3-26-19(22)11-12-21(14-15-7-5-4-6-8-15)27(23,24)18-13-16(20)9-10-17(18)25-2/h4-10,13H,3,11-12,14H2,1-2H3. The second-order valence-corrected chi connectivity index (χ2v) is 8.02. The second-order valence-electron chi connectivity index (χ2n) is 5.67. The quantitative estimate of drug-likeness (QED) is 0.590. The Morgan fingerprint density at radius 1 is 1.15 bits per heavy atom. The molecule has 146 valence electrons. The molecule has 2 aromatic rings. The van der Waals surface area contributed by atoms with Gasteiger partial charge < -0.3 is 9.47 Å². The summed E-state index contributed by atoms with van der Waals surface area (Å²) in [5.74, 6) is -0.266. The van der Waals surface area contributed by atoms with E-state index in [1.165, 1.54) is 23.5 Å². The molecule has 0 amide bonds. The Bertz CT molecular complexity index is 871. The predicted molar refractivity (Wildman–Crippen MR) is 103 cm³/mol. The van der Waals surface area contributed by atoms with E-state index in [1.54, 1.807) is 13.0 Å². The Labute approximate surface area is 164 Å². The maximum Gasteiger partial charge on any atom is 0.307 e. The van der Waals surface area contributed by atoms with Crippen molar-refractivity contribution in [3.05, 3.63) is 59.1 Å². The molecule has 2 aromatic carbocycles. The van der Waals surface area contributed by atoms with Crippen molar-refractivity contribution < 1.29 is 22.7 Å². The minimum Gasteiger partial charge on any atom is -0.495 e. The van der Waals surface area contributed by atoms with E-state index in [4.69, 9.17) is 21.1 Å². The zero-order valence-electron chi connectivity index (χ0n) is 15.2. The number of hydrogen-bond acceptors (Lipinski definition) is 5. The number of rotatable bonds is 9. The maximum absolute atomic E-state index is 13.3. The van der Waals surface area contributed by atoms with Gasteiger partial charge in [-0.15, -0.1) is 0 Å². The van der Waals surface area contributed by atoms with Crippen molar-refractivity contribution in [2.24, 2.45) is 0 Å². The fraction of sp³-hybridized carbons (Fsp3) is 0.316. The van der Waals surface area contributed by atoms with Crippen molar-refractivity contribution in [3.63, 3.8) is 0 Å². The third kappa shape index (κ3) is 5.69. The van der Waals surface area contributed by atoms with Gasteiger partial charge in [0.05, 0.1) is 20.1 Å².